The normalized spacial score (nSPS) is 10.0. The Balaban J connectivity index is 2.38. The van der Waals surface area contributed by atoms with Gasteiger partial charge >= 0.3 is 0 Å². The van der Waals surface area contributed by atoms with Crippen molar-refractivity contribution in [2.75, 3.05) is 6.61 Å². The van der Waals surface area contributed by atoms with E-state index in [0.717, 1.165) is 6.42 Å². The highest BCUT2D eigenvalue weighted by atomic mass is 32.1. The lowest BCUT2D eigenvalue weighted by Gasteiger charge is -2.06. The Morgan fingerprint density at radius 1 is 1.53 bits per heavy atom. The highest BCUT2D eigenvalue weighted by molar-refractivity contribution is 7.80. The molecule has 0 unspecified atom stereocenters. The molecule has 0 aliphatic carbocycles. The summed E-state index contributed by atoms with van der Waals surface area (Å²) in [5, 5.41) is 0. The van der Waals surface area contributed by atoms with Crippen LogP contribution in [0.15, 0.2) is 18.2 Å². The Kier molecular flexibility index (Phi) is 4.49. The van der Waals surface area contributed by atoms with Gasteiger partial charge in [-0.1, -0.05) is 18.3 Å². The number of hydrogen-bond donors (Lipinski definition) is 1. The van der Waals surface area contributed by atoms with E-state index in [1.807, 2.05) is 0 Å². The molecule has 4 heteroatoms. The predicted molar refractivity (Wildman–Crippen MR) is 62.7 cm³/mol. The van der Waals surface area contributed by atoms with Crippen molar-refractivity contribution in [3.05, 3.63) is 29.6 Å². The molecule has 1 aromatic carbocycles. The van der Waals surface area contributed by atoms with Gasteiger partial charge in [-0.15, -0.1) is 0 Å². The van der Waals surface area contributed by atoms with Crippen LogP contribution in [0.2, 0.25) is 0 Å². The number of ether oxygens (including phenoxy) is 1. The molecule has 1 aromatic rings. The molecule has 82 valence electrons. The summed E-state index contributed by atoms with van der Waals surface area (Å²) in [5.74, 6) is 0.294. The van der Waals surface area contributed by atoms with Gasteiger partial charge in [0.15, 0.2) is 0 Å². The number of halogens is 1. The van der Waals surface area contributed by atoms with Crippen LogP contribution in [0, 0.1) is 12.7 Å². The summed E-state index contributed by atoms with van der Waals surface area (Å²) >= 11 is 4.73. The second-order valence-electron chi connectivity index (χ2n) is 3.33. The molecule has 2 nitrogen and oxygen atoms in total. The molecule has 0 aromatic heterocycles. The molecule has 0 bridgehead atoms. The van der Waals surface area contributed by atoms with Crippen molar-refractivity contribution in [1.82, 2.24) is 0 Å². The van der Waals surface area contributed by atoms with Crippen LogP contribution in [-0.4, -0.2) is 11.6 Å². The van der Waals surface area contributed by atoms with Gasteiger partial charge in [-0.05, 0) is 25.0 Å². The predicted octanol–water partition coefficient (Wildman–Crippen LogP) is 2.58. The SMILES string of the molecule is Cc1ccc(OCCCC(N)=S)cc1F. The Labute approximate surface area is 94.2 Å². The zero-order chi connectivity index (χ0) is 11.3. The zero-order valence-corrected chi connectivity index (χ0v) is 9.44. The lowest BCUT2D eigenvalue weighted by Crippen LogP contribution is -2.09. The average Bonchev–Trinajstić information content (AvgIpc) is 2.18. The number of nitrogens with two attached hydrogens (primary N) is 1. The van der Waals surface area contributed by atoms with Crippen LogP contribution in [0.25, 0.3) is 0 Å². The lowest BCUT2D eigenvalue weighted by atomic mass is 10.2. The summed E-state index contributed by atoms with van der Waals surface area (Å²) in [6.45, 7) is 2.21. The van der Waals surface area contributed by atoms with Crippen LogP contribution < -0.4 is 10.5 Å². The minimum absolute atomic E-state index is 0.248. The standard InChI is InChI=1S/C11H14FNOS/c1-8-4-5-9(7-10(8)12)14-6-2-3-11(13)15/h4-5,7H,2-3,6H2,1H3,(H2,13,15). The maximum absolute atomic E-state index is 13.1. The van der Waals surface area contributed by atoms with Gasteiger partial charge in [-0.3, -0.25) is 0 Å². The van der Waals surface area contributed by atoms with E-state index in [1.165, 1.54) is 6.07 Å². The molecular weight excluding hydrogens is 213 g/mol. The highest BCUT2D eigenvalue weighted by Gasteiger charge is 2.00. The van der Waals surface area contributed by atoms with Crippen molar-refractivity contribution in [2.24, 2.45) is 5.73 Å². The first-order valence-electron chi connectivity index (χ1n) is 4.77. The minimum atomic E-state index is -0.248. The Bertz CT molecular complexity index is 354. The number of aryl methyl sites for hydroxylation is 1. The second kappa shape index (κ2) is 5.66. The first-order chi connectivity index (χ1) is 7.09. The molecule has 2 N–H and O–H groups in total. The van der Waals surface area contributed by atoms with Crippen molar-refractivity contribution >= 4 is 17.2 Å². The maximum atomic E-state index is 13.1. The number of rotatable bonds is 5. The van der Waals surface area contributed by atoms with Crippen LogP contribution in [0.1, 0.15) is 18.4 Å². The van der Waals surface area contributed by atoms with E-state index in [4.69, 9.17) is 22.7 Å². The minimum Gasteiger partial charge on any atom is -0.493 e. The highest BCUT2D eigenvalue weighted by Crippen LogP contribution is 2.15. The van der Waals surface area contributed by atoms with E-state index in [2.05, 4.69) is 0 Å². The quantitative estimate of drug-likeness (QED) is 0.620. The molecule has 0 radical (unpaired) electrons. The fourth-order valence-corrected chi connectivity index (χ4v) is 1.24. The van der Waals surface area contributed by atoms with Crippen LogP contribution in [0.3, 0.4) is 0 Å². The molecule has 0 fully saturated rings. The summed E-state index contributed by atoms with van der Waals surface area (Å²) in [4.78, 5) is 0.480. The summed E-state index contributed by atoms with van der Waals surface area (Å²) < 4.78 is 18.4. The van der Waals surface area contributed by atoms with Gasteiger partial charge in [-0.25, -0.2) is 4.39 Å². The smallest absolute Gasteiger partial charge is 0.129 e. The molecule has 0 spiro atoms. The summed E-state index contributed by atoms with van der Waals surface area (Å²) in [6.07, 6.45) is 1.41. The molecule has 0 heterocycles. The molecule has 0 saturated heterocycles. The van der Waals surface area contributed by atoms with Crippen LogP contribution >= 0.6 is 12.2 Å². The van der Waals surface area contributed by atoms with Crippen LogP contribution in [0.5, 0.6) is 5.75 Å². The number of benzene rings is 1. The average molecular weight is 227 g/mol. The van der Waals surface area contributed by atoms with Gasteiger partial charge in [0.1, 0.15) is 11.6 Å². The third kappa shape index (κ3) is 4.25. The van der Waals surface area contributed by atoms with E-state index in [1.54, 1.807) is 19.1 Å². The van der Waals surface area contributed by atoms with Gasteiger partial charge in [0.05, 0.1) is 11.6 Å². The zero-order valence-electron chi connectivity index (χ0n) is 8.63. The molecule has 0 atom stereocenters. The van der Waals surface area contributed by atoms with Crippen LogP contribution in [-0.2, 0) is 0 Å². The second-order valence-corrected chi connectivity index (χ2v) is 3.85. The van der Waals surface area contributed by atoms with E-state index in [-0.39, 0.29) is 5.82 Å². The fourth-order valence-electron chi connectivity index (χ4n) is 1.10. The molecule has 1 rings (SSSR count). The van der Waals surface area contributed by atoms with Crippen molar-refractivity contribution < 1.29 is 9.13 Å². The Morgan fingerprint density at radius 3 is 2.87 bits per heavy atom. The van der Waals surface area contributed by atoms with Crippen molar-refractivity contribution in [3.8, 4) is 5.75 Å². The van der Waals surface area contributed by atoms with E-state index in [9.17, 15) is 4.39 Å². The Hall–Kier alpha value is -1.16. The van der Waals surface area contributed by atoms with E-state index >= 15 is 0 Å². The molecule has 0 aliphatic rings. The fraction of sp³-hybridized carbons (Fsp3) is 0.364. The van der Waals surface area contributed by atoms with Gasteiger partial charge in [0, 0.05) is 12.5 Å². The van der Waals surface area contributed by atoms with Gasteiger partial charge in [0.25, 0.3) is 0 Å². The summed E-state index contributed by atoms with van der Waals surface area (Å²) in [6, 6.07) is 4.83. The van der Waals surface area contributed by atoms with Crippen molar-refractivity contribution in [1.29, 1.82) is 0 Å². The lowest BCUT2D eigenvalue weighted by molar-refractivity contribution is 0.312. The van der Waals surface area contributed by atoms with Gasteiger partial charge in [-0.2, -0.15) is 0 Å². The summed E-state index contributed by atoms with van der Waals surface area (Å²) in [5.41, 5.74) is 5.95. The molecule has 0 aliphatic heterocycles. The number of thiocarbonyl (C=S) groups is 1. The first-order valence-corrected chi connectivity index (χ1v) is 5.17. The molecule has 0 amide bonds. The third-order valence-corrected chi connectivity index (χ3v) is 2.18. The Morgan fingerprint density at radius 2 is 2.27 bits per heavy atom. The van der Waals surface area contributed by atoms with Crippen molar-refractivity contribution in [3.63, 3.8) is 0 Å². The molecular formula is C11H14FNOS. The summed E-state index contributed by atoms with van der Waals surface area (Å²) in [7, 11) is 0. The van der Waals surface area contributed by atoms with Gasteiger partial charge < -0.3 is 10.5 Å². The third-order valence-electron chi connectivity index (χ3n) is 1.98. The number of hydrogen-bond acceptors (Lipinski definition) is 2. The van der Waals surface area contributed by atoms with E-state index in [0.29, 0.717) is 29.3 Å². The first kappa shape index (κ1) is 11.9. The molecule has 0 saturated carbocycles. The van der Waals surface area contributed by atoms with Gasteiger partial charge in [0.2, 0.25) is 0 Å². The maximum Gasteiger partial charge on any atom is 0.129 e. The van der Waals surface area contributed by atoms with Crippen molar-refractivity contribution in [2.45, 2.75) is 19.8 Å². The largest absolute Gasteiger partial charge is 0.493 e. The molecule has 15 heavy (non-hydrogen) atoms. The van der Waals surface area contributed by atoms with Crippen LogP contribution in [0.4, 0.5) is 4.39 Å². The monoisotopic (exact) mass is 227 g/mol. The van der Waals surface area contributed by atoms with E-state index < -0.39 is 0 Å². The topological polar surface area (TPSA) is 35.2 Å².